The van der Waals surface area contributed by atoms with E-state index in [1.807, 2.05) is 6.92 Å². The van der Waals surface area contributed by atoms with E-state index < -0.39 is 5.97 Å². The van der Waals surface area contributed by atoms with Crippen molar-refractivity contribution in [1.82, 2.24) is 5.32 Å². The molecule has 4 nitrogen and oxygen atoms in total. The second-order valence-electron chi connectivity index (χ2n) is 3.68. The Morgan fingerprint density at radius 3 is 2.50 bits per heavy atom. The zero-order valence-electron chi connectivity index (χ0n) is 9.66. The molecular weight excluding hydrogens is 206 g/mol. The first kappa shape index (κ1) is 14.5. The maximum absolute atomic E-state index is 11.4. The Labute approximate surface area is 96.4 Å². The number of hydrogen-bond donors (Lipinski definition) is 2. The molecule has 0 fully saturated rings. The van der Waals surface area contributed by atoms with Crippen molar-refractivity contribution < 1.29 is 14.7 Å². The van der Waals surface area contributed by atoms with Gasteiger partial charge in [0, 0.05) is 12.8 Å². The van der Waals surface area contributed by atoms with E-state index in [1.54, 1.807) is 0 Å². The molecule has 0 heterocycles. The SMILES string of the molecule is C#CC(CCC)NC(=O)CCCCC(=O)O. The van der Waals surface area contributed by atoms with Gasteiger partial charge >= 0.3 is 5.97 Å². The van der Waals surface area contributed by atoms with Crippen molar-refractivity contribution in [3.8, 4) is 12.3 Å². The minimum absolute atomic E-state index is 0.0956. The summed E-state index contributed by atoms with van der Waals surface area (Å²) in [5, 5.41) is 11.1. The van der Waals surface area contributed by atoms with Crippen molar-refractivity contribution in [2.45, 2.75) is 51.5 Å². The van der Waals surface area contributed by atoms with Gasteiger partial charge in [0.25, 0.3) is 0 Å². The number of aliphatic carboxylic acids is 1. The van der Waals surface area contributed by atoms with Crippen LogP contribution in [0.25, 0.3) is 0 Å². The first-order valence-electron chi connectivity index (χ1n) is 5.57. The minimum atomic E-state index is -0.826. The zero-order chi connectivity index (χ0) is 12.4. The van der Waals surface area contributed by atoms with Crippen LogP contribution in [0.1, 0.15) is 45.4 Å². The first-order valence-corrected chi connectivity index (χ1v) is 5.57. The van der Waals surface area contributed by atoms with E-state index in [9.17, 15) is 9.59 Å². The summed E-state index contributed by atoms with van der Waals surface area (Å²) in [5.74, 6) is 1.59. The lowest BCUT2D eigenvalue weighted by molar-refractivity contribution is -0.137. The number of hydrogen-bond acceptors (Lipinski definition) is 2. The maximum atomic E-state index is 11.4. The van der Waals surface area contributed by atoms with Crippen LogP contribution in [0, 0.1) is 12.3 Å². The summed E-state index contributed by atoms with van der Waals surface area (Å²) in [4.78, 5) is 21.6. The van der Waals surface area contributed by atoms with Gasteiger partial charge in [-0.25, -0.2) is 0 Å². The minimum Gasteiger partial charge on any atom is -0.481 e. The molecule has 1 unspecified atom stereocenters. The molecule has 16 heavy (non-hydrogen) atoms. The number of terminal acetylenes is 1. The Morgan fingerprint density at radius 1 is 1.38 bits per heavy atom. The molecule has 0 aliphatic heterocycles. The number of carbonyl (C=O) groups is 2. The van der Waals surface area contributed by atoms with Gasteiger partial charge in [0.1, 0.15) is 0 Å². The highest BCUT2D eigenvalue weighted by Gasteiger charge is 2.08. The average Bonchev–Trinajstić information content (AvgIpc) is 2.23. The van der Waals surface area contributed by atoms with E-state index in [0.29, 0.717) is 19.3 Å². The number of carboxylic acid groups (broad SMARTS) is 1. The number of amides is 1. The van der Waals surface area contributed by atoms with Gasteiger partial charge in [-0.15, -0.1) is 6.42 Å². The highest BCUT2D eigenvalue weighted by Crippen LogP contribution is 2.01. The summed E-state index contributed by atoms with van der Waals surface area (Å²) in [6, 6.07) is -0.197. The molecule has 0 rings (SSSR count). The Hall–Kier alpha value is -1.50. The number of rotatable bonds is 8. The summed E-state index contributed by atoms with van der Waals surface area (Å²) in [5.41, 5.74) is 0. The molecule has 0 spiro atoms. The third-order valence-electron chi connectivity index (χ3n) is 2.16. The van der Waals surface area contributed by atoms with Gasteiger partial charge in [0.2, 0.25) is 5.91 Å². The fourth-order valence-electron chi connectivity index (χ4n) is 1.31. The highest BCUT2D eigenvalue weighted by atomic mass is 16.4. The van der Waals surface area contributed by atoms with Crippen LogP contribution in [0.15, 0.2) is 0 Å². The van der Waals surface area contributed by atoms with Gasteiger partial charge < -0.3 is 10.4 Å². The molecule has 0 aromatic rings. The third-order valence-corrected chi connectivity index (χ3v) is 2.16. The molecule has 4 heteroatoms. The number of carboxylic acids is 1. The van der Waals surface area contributed by atoms with Crippen molar-refractivity contribution >= 4 is 11.9 Å². The van der Waals surface area contributed by atoms with E-state index >= 15 is 0 Å². The number of nitrogens with one attached hydrogen (secondary N) is 1. The van der Waals surface area contributed by atoms with E-state index in [0.717, 1.165) is 12.8 Å². The van der Waals surface area contributed by atoms with E-state index in [4.69, 9.17) is 11.5 Å². The van der Waals surface area contributed by atoms with Crippen molar-refractivity contribution in [1.29, 1.82) is 0 Å². The molecule has 2 N–H and O–H groups in total. The predicted molar refractivity (Wildman–Crippen MR) is 61.8 cm³/mol. The molecule has 1 atom stereocenters. The predicted octanol–water partition coefficient (Wildman–Crippen LogP) is 1.55. The van der Waals surface area contributed by atoms with Crippen LogP contribution in [0.2, 0.25) is 0 Å². The van der Waals surface area contributed by atoms with E-state index in [1.165, 1.54) is 0 Å². The van der Waals surface area contributed by atoms with Gasteiger partial charge in [0.15, 0.2) is 0 Å². The monoisotopic (exact) mass is 225 g/mol. The fourth-order valence-corrected chi connectivity index (χ4v) is 1.31. The zero-order valence-corrected chi connectivity index (χ0v) is 9.66. The molecule has 90 valence electrons. The largest absolute Gasteiger partial charge is 0.481 e. The fraction of sp³-hybridized carbons (Fsp3) is 0.667. The van der Waals surface area contributed by atoms with Gasteiger partial charge in [-0.1, -0.05) is 19.3 Å². The number of carbonyl (C=O) groups excluding carboxylic acids is 1. The topological polar surface area (TPSA) is 66.4 Å². The van der Waals surface area contributed by atoms with Crippen LogP contribution in [0.4, 0.5) is 0 Å². The summed E-state index contributed by atoms with van der Waals surface area (Å²) >= 11 is 0. The molecule has 0 saturated carbocycles. The Bertz CT molecular complexity index is 268. The van der Waals surface area contributed by atoms with Crippen LogP contribution in [0.5, 0.6) is 0 Å². The maximum Gasteiger partial charge on any atom is 0.303 e. The van der Waals surface area contributed by atoms with Gasteiger partial charge in [-0.3, -0.25) is 9.59 Å². The second kappa shape index (κ2) is 8.78. The van der Waals surface area contributed by atoms with Crippen molar-refractivity contribution in [2.75, 3.05) is 0 Å². The van der Waals surface area contributed by atoms with Crippen LogP contribution < -0.4 is 5.32 Å². The Balaban J connectivity index is 3.65. The molecular formula is C12H19NO3. The average molecular weight is 225 g/mol. The second-order valence-corrected chi connectivity index (χ2v) is 3.68. The Kier molecular flexibility index (Phi) is 7.96. The molecule has 0 aromatic heterocycles. The lowest BCUT2D eigenvalue weighted by atomic mass is 10.1. The van der Waals surface area contributed by atoms with Crippen molar-refractivity contribution in [2.24, 2.45) is 0 Å². The quantitative estimate of drug-likeness (QED) is 0.486. The molecule has 0 aliphatic carbocycles. The van der Waals surface area contributed by atoms with E-state index in [2.05, 4.69) is 11.2 Å². The van der Waals surface area contributed by atoms with Gasteiger partial charge in [-0.05, 0) is 19.3 Å². The normalized spacial score (nSPS) is 11.5. The molecule has 0 aliphatic rings. The number of unbranched alkanes of at least 4 members (excludes halogenated alkanes) is 1. The van der Waals surface area contributed by atoms with Crippen LogP contribution in [-0.4, -0.2) is 23.0 Å². The van der Waals surface area contributed by atoms with Crippen molar-refractivity contribution in [3.05, 3.63) is 0 Å². The van der Waals surface area contributed by atoms with Crippen molar-refractivity contribution in [3.63, 3.8) is 0 Å². The molecule has 0 aromatic carbocycles. The lowest BCUT2D eigenvalue weighted by Crippen LogP contribution is -2.33. The van der Waals surface area contributed by atoms with Gasteiger partial charge in [0.05, 0.1) is 6.04 Å². The first-order chi connectivity index (χ1) is 7.60. The molecule has 0 bridgehead atoms. The standard InChI is InChI=1S/C12H19NO3/c1-3-7-10(4-2)13-11(14)8-5-6-9-12(15)16/h2,10H,3,5-9H2,1H3,(H,13,14)(H,15,16). The van der Waals surface area contributed by atoms with E-state index in [-0.39, 0.29) is 18.4 Å². The Morgan fingerprint density at radius 2 is 2.00 bits per heavy atom. The summed E-state index contributed by atoms with van der Waals surface area (Å²) in [7, 11) is 0. The smallest absolute Gasteiger partial charge is 0.303 e. The summed E-state index contributed by atoms with van der Waals surface area (Å²) in [6.45, 7) is 2.00. The lowest BCUT2D eigenvalue weighted by Gasteiger charge is -2.11. The molecule has 0 radical (unpaired) electrons. The summed E-state index contributed by atoms with van der Waals surface area (Å²) in [6.07, 6.45) is 8.52. The van der Waals surface area contributed by atoms with Gasteiger partial charge in [-0.2, -0.15) is 0 Å². The highest BCUT2D eigenvalue weighted by molar-refractivity contribution is 5.76. The summed E-state index contributed by atoms with van der Waals surface area (Å²) < 4.78 is 0. The third kappa shape index (κ3) is 7.86. The molecule has 0 saturated heterocycles. The molecule has 1 amide bonds. The van der Waals surface area contributed by atoms with Crippen LogP contribution >= 0.6 is 0 Å². The van der Waals surface area contributed by atoms with Crippen LogP contribution in [0.3, 0.4) is 0 Å². The van der Waals surface area contributed by atoms with Crippen LogP contribution in [-0.2, 0) is 9.59 Å².